The zero-order valence-electron chi connectivity index (χ0n) is 34.2. The highest BCUT2D eigenvalue weighted by atomic mass is 31.2. The van der Waals surface area contributed by atoms with Gasteiger partial charge in [-0.05, 0) is 57.8 Å². The van der Waals surface area contributed by atoms with E-state index in [2.05, 4.69) is 73.8 Å². The van der Waals surface area contributed by atoms with Gasteiger partial charge in [0.1, 0.15) is 0 Å². The first kappa shape index (κ1) is 51.7. The van der Waals surface area contributed by atoms with Crippen molar-refractivity contribution in [1.29, 1.82) is 0 Å². The van der Waals surface area contributed by atoms with Crippen molar-refractivity contribution in [2.45, 2.75) is 174 Å². The minimum Gasteiger partial charge on any atom is -0.387 e. The standard InChI is InChI=1S/C45H79N2O6P/c1-3-5-7-9-11-13-15-17-19-20-21-22-23-25-26-28-30-32-34-36-38-44(48)43(42-53-54(50,51)52-41-40-46)47-45(49)39-37-35-33-31-29-27-24-18-16-14-12-10-8-6-4-2/h6,8,12,14,18,24,28-31,35-38,43-44,48H,3-5,7,9-11,13,15-17,19-23,25-27,32-34,39-42,46H2,1-2H3,(H,47,49)(H,50,51)/b8-6-,14-12-,24-18-,30-28+,31-29-,37-35-,38-36+. The fraction of sp³-hybridized carbons (Fsp3) is 0.667. The van der Waals surface area contributed by atoms with E-state index < -0.39 is 26.6 Å². The molecule has 0 aliphatic carbocycles. The molecule has 54 heavy (non-hydrogen) atoms. The third kappa shape index (κ3) is 38.0. The molecule has 1 amide bonds. The SMILES string of the molecule is CC/C=C\C/C=C\C/C=C\C/C=C\C/C=C\CC(=O)NC(COP(=O)(O)OCCN)C(O)/C=C/CC/C=C/CCCCCCCCCCCCCCCC. The van der Waals surface area contributed by atoms with E-state index >= 15 is 0 Å². The van der Waals surface area contributed by atoms with Gasteiger partial charge >= 0.3 is 7.82 Å². The third-order valence-electron chi connectivity index (χ3n) is 8.73. The van der Waals surface area contributed by atoms with Crippen LogP contribution in [0.2, 0.25) is 0 Å². The lowest BCUT2D eigenvalue weighted by Gasteiger charge is -2.23. The summed E-state index contributed by atoms with van der Waals surface area (Å²) in [6.45, 7) is 3.91. The number of phosphoric acid groups is 1. The maximum Gasteiger partial charge on any atom is 0.472 e. The van der Waals surface area contributed by atoms with Crippen molar-refractivity contribution in [1.82, 2.24) is 5.32 Å². The molecular weight excluding hydrogens is 695 g/mol. The zero-order chi connectivity index (χ0) is 39.6. The topological polar surface area (TPSA) is 131 Å². The molecule has 0 heterocycles. The Bertz CT molecular complexity index is 1110. The Labute approximate surface area is 330 Å². The van der Waals surface area contributed by atoms with Crippen LogP contribution in [0.4, 0.5) is 0 Å². The molecule has 0 saturated carbocycles. The number of unbranched alkanes of at least 4 members (excludes halogenated alkanes) is 15. The van der Waals surface area contributed by atoms with Gasteiger partial charge in [0.05, 0.1) is 25.4 Å². The average Bonchev–Trinajstić information content (AvgIpc) is 3.16. The number of hydrogen-bond acceptors (Lipinski definition) is 6. The molecular formula is C45H79N2O6P. The van der Waals surface area contributed by atoms with E-state index in [1.165, 1.54) is 89.9 Å². The smallest absolute Gasteiger partial charge is 0.387 e. The molecule has 0 rings (SSSR count). The number of hydrogen-bond donors (Lipinski definition) is 4. The van der Waals surface area contributed by atoms with E-state index in [9.17, 15) is 19.4 Å². The lowest BCUT2D eigenvalue weighted by atomic mass is 10.0. The van der Waals surface area contributed by atoms with E-state index in [0.29, 0.717) is 6.42 Å². The molecule has 0 fully saturated rings. The van der Waals surface area contributed by atoms with E-state index in [4.69, 9.17) is 14.8 Å². The first-order valence-corrected chi connectivity index (χ1v) is 22.7. The summed E-state index contributed by atoms with van der Waals surface area (Å²) in [7, 11) is -4.38. The zero-order valence-corrected chi connectivity index (χ0v) is 35.1. The molecule has 0 spiro atoms. The summed E-state index contributed by atoms with van der Waals surface area (Å²) in [6, 6.07) is -0.936. The number of allylic oxidation sites excluding steroid dienone is 12. The molecule has 0 aromatic heterocycles. The van der Waals surface area contributed by atoms with E-state index in [1.807, 2.05) is 18.2 Å². The molecule has 310 valence electrons. The number of rotatable bonds is 38. The van der Waals surface area contributed by atoms with Crippen LogP contribution in [-0.2, 0) is 18.4 Å². The predicted octanol–water partition coefficient (Wildman–Crippen LogP) is 11.8. The van der Waals surface area contributed by atoms with Gasteiger partial charge in [0.25, 0.3) is 0 Å². The van der Waals surface area contributed by atoms with Gasteiger partial charge in [-0.25, -0.2) is 4.57 Å². The van der Waals surface area contributed by atoms with Crippen LogP contribution in [0, 0.1) is 0 Å². The van der Waals surface area contributed by atoms with Gasteiger partial charge in [-0.3, -0.25) is 13.8 Å². The number of amides is 1. The second-order valence-corrected chi connectivity index (χ2v) is 15.3. The van der Waals surface area contributed by atoms with Crippen molar-refractivity contribution in [3.63, 3.8) is 0 Å². The Morgan fingerprint density at radius 1 is 0.630 bits per heavy atom. The van der Waals surface area contributed by atoms with Gasteiger partial charge in [-0.2, -0.15) is 0 Å². The Balaban J connectivity index is 4.41. The number of aliphatic hydroxyl groups is 1. The average molecular weight is 775 g/mol. The van der Waals surface area contributed by atoms with Crippen molar-refractivity contribution in [3.05, 3.63) is 85.1 Å². The molecule has 0 radical (unpaired) electrons. The van der Waals surface area contributed by atoms with Crippen LogP contribution in [-0.4, -0.2) is 47.8 Å². The second kappa shape index (κ2) is 40.3. The summed E-state index contributed by atoms with van der Waals surface area (Å²) < 4.78 is 22.0. The van der Waals surface area contributed by atoms with Crippen molar-refractivity contribution < 1.29 is 28.4 Å². The van der Waals surface area contributed by atoms with Crippen LogP contribution in [0.15, 0.2) is 85.1 Å². The number of phosphoric ester groups is 1. The van der Waals surface area contributed by atoms with E-state index in [1.54, 1.807) is 12.2 Å². The van der Waals surface area contributed by atoms with Gasteiger partial charge in [0.15, 0.2) is 0 Å². The number of nitrogens with two attached hydrogens (primary N) is 1. The second-order valence-electron chi connectivity index (χ2n) is 13.8. The largest absolute Gasteiger partial charge is 0.472 e. The highest BCUT2D eigenvalue weighted by molar-refractivity contribution is 7.47. The van der Waals surface area contributed by atoms with Crippen molar-refractivity contribution in [2.24, 2.45) is 5.73 Å². The van der Waals surface area contributed by atoms with E-state index in [-0.39, 0.29) is 25.5 Å². The summed E-state index contributed by atoms with van der Waals surface area (Å²) >= 11 is 0. The molecule has 0 aromatic rings. The molecule has 0 bridgehead atoms. The molecule has 9 heteroatoms. The van der Waals surface area contributed by atoms with Crippen LogP contribution in [0.1, 0.15) is 162 Å². The highest BCUT2D eigenvalue weighted by Crippen LogP contribution is 2.43. The van der Waals surface area contributed by atoms with Crippen LogP contribution in [0.3, 0.4) is 0 Å². The molecule has 3 atom stereocenters. The lowest BCUT2D eigenvalue weighted by Crippen LogP contribution is -2.45. The van der Waals surface area contributed by atoms with Crippen LogP contribution in [0.25, 0.3) is 0 Å². The monoisotopic (exact) mass is 775 g/mol. The van der Waals surface area contributed by atoms with Crippen LogP contribution < -0.4 is 11.1 Å². The van der Waals surface area contributed by atoms with Gasteiger partial charge in [0, 0.05) is 13.0 Å². The fourth-order valence-corrected chi connectivity index (χ4v) is 6.33. The lowest BCUT2D eigenvalue weighted by molar-refractivity contribution is -0.122. The quantitative estimate of drug-likeness (QED) is 0.0279. The first-order valence-electron chi connectivity index (χ1n) is 21.2. The summed E-state index contributed by atoms with van der Waals surface area (Å²) in [5.41, 5.74) is 5.36. The maximum absolute atomic E-state index is 12.7. The molecule has 5 N–H and O–H groups in total. The number of carbonyl (C=O) groups excluding carboxylic acids is 1. The van der Waals surface area contributed by atoms with Crippen LogP contribution in [0.5, 0.6) is 0 Å². The number of carbonyl (C=O) groups is 1. The first-order chi connectivity index (χ1) is 26.4. The summed E-state index contributed by atoms with van der Waals surface area (Å²) in [6.07, 6.45) is 53.8. The molecule has 0 aromatic carbocycles. The summed E-state index contributed by atoms with van der Waals surface area (Å²) in [5, 5.41) is 13.5. The Morgan fingerprint density at radius 2 is 1.09 bits per heavy atom. The predicted molar refractivity (Wildman–Crippen MR) is 230 cm³/mol. The third-order valence-corrected chi connectivity index (χ3v) is 9.72. The molecule has 3 unspecified atom stereocenters. The van der Waals surface area contributed by atoms with Crippen LogP contribution >= 0.6 is 7.82 Å². The van der Waals surface area contributed by atoms with E-state index in [0.717, 1.165) is 44.9 Å². The summed E-state index contributed by atoms with van der Waals surface area (Å²) in [5.74, 6) is -0.334. The van der Waals surface area contributed by atoms with Crippen molar-refractivity contribution >= 4 is 13.7 Å². The maximum atomic E-state index is 12.7. The Hall–Kier alpha value is -2.32. The van der Waals surface area contributed by atoms with Gasteiger partial charge < -0.3 is 21.1 Å². The highest BCUT2D eigenvalue weighted by Gasteiger charge is 2.26. The minimum absolute atomic E-state index is 0.0561. The molecule has 0 saturated heterocycles. The van der Waals surface area contributed by atoms with Gasteiger partial charge in [-0.1, -0.05) is 182 Å². The molecule has 0 aliphatic rings. The van der Waals surface area contributed by atoms with Crippen molar-refractivity contribution in [3.8, 4) is 0 Å². The Morgan fingerprint density at radius 3 is 1.61 bits per heavy atom. The van der Waals surface area contributed by atoms with Crippen molar-refractivity contribution in [2.75, 3.05) is 19.8 Å². The molecule has 0 aliphatic heterocycles. The minimum atomic E-state index is -4.38. The normalized spacial score (nSPS) is 15.0. The molecule has 8 nitrogen and oxygen atoms in total. The fourth-order valence-electron chi connectivity index (χ4n) is 5.57. The van der Waals surface area contributed by atoms with Gasteiger partial charge in [-0.15, -0.1) is 0 Å². The van der Waals surface area contributed by atoms with Gasteiger partial charge in [0.2, 0.25) is 5.91 Å². The number of nitrogens with one attached hydrogen (secondary N) is 1. The Kier molecular flexibility index (Phi) is 38.6. The summed E-state index contributed by atoms with van der Waals surface area (Å²) in [4.78, 5) is 22.6. The number of aliphatic hydroxyl groups excluding tert-OH is 1.